The van der Waals surface area contributed by atoms with E-state index in [1.165, 1.54) is 12.1 Å². The molecule has 1 aliphatic carbocycles. The zero-order valence-electron chi connectivity index (χ0n) is 12.2. The second-order valence-corrected chi connectivity index (χ2v) is 6.08. The summed E-state index contributed by atoms with van der Waals surface area (Å²) in [5, 5.41) is 3.10. The summed E-state index contributed by atoms with van der Waals surface area (Å²) in [5.74, 6) is 0.00795. The highest BCUT2D eigenvalue weighted by Gasteiger charge is 2.43. The minimum absolute atomic E-state index is 0.0364. The minimum atomic E-state index is -0.382. The third-order valence-electron chi connectivity index (χ3n) is 4.37. The Morgan fingerprint density at radius 1 is 1.35 bits per heavy atom. The number of halogens is 1. The number of amides is 1. The Hall–Kier alpha value is -1.42. The van der Waals surface area contributed by atoms with Gasteiger partial charge >= 0.3 is 0 Å². The number of hydrogen-bond donors (Lipinski definition) is 2. The Morgan fingerprint density at radius 2 is 1.95 bits per heavy atom. The Kier molecular flexibility index (Phi) is 4.43. The van der Waals surface area contributed by atoms with Gasteiger partial charge < -0.3 is 11.1 Å². The third kappa shape index (κ3) is 2.85. The maximum absolute atomic E-state index is 13.0. The van der Waals surface area contributed by atoms with Crippen molar-refractivity contribution < 1.29 is 9.18 Å². The molecule has 1 amide bonds. The van der Waals surface area contributed by atoms with Gasteiger partial charge in [-0.25, -0.2) is 4.39 Å². The Bertz CT molecular complexity index is 460. The number of hydrogen-bond acceptors (Lipinski definition) is 2. The first-order valence-electron chi connectivity index (χ1n) is 7.25. The molecule has 1 atom stereocenters. The molecule has 1 aromatic carbocycles. The van der Waals surface area contributed by atoms with Crippen LogP contribution < -0.4 is 11.1 Å². The fourth-order valence-electron chi connectivity index (χ4n) is 2.73. The molecule has 1 aliphatic rings. The molecule has 1 saturated carbocycles. The van der Waals surface area contributed by atoms with Gasteiger partial charge in [-0.1, -0.05) is 32.4 Å². The van der Waals surface area contributed by atoms with Crippen LogP contribution in [-0.4, -0.2) is 12.5 Å². The SMILES string of the molecule is CC(C)C(NC(=O)C1(CN)CCC1)c1ccc(F)cc1. The van der Waals surface area contributed by atoms with Gasteiger partial charge in [-0.2, -0.15) is 0 Å². The summed E-state index contributed by atoms with van der Waals surface area (Å²) in [7, 11) is 0. The van der Waals surface area contributed by atoms with Crippen molar-refractivity contribution >= 4 is 5.91 Å². The zero-order valence-corrected chi connectivity index (χ0v) is 12.2. The molecular formula is C16H23FN2O. The molecule has 0 aliphatic heterocycles. The predicted molar refractivity (Wildman–Crippen MR) is 77.5 cm³/mol. The van der Waals surface area contributed by atoms with Crippen molar-refractivity contribution in [2.45, 2.75) is 39.2 Å². The van der Waals surface area contributed by atoms with E-state index < -0.39 is 0 Å². The summed E-state index contributed by atoms with van der Waals surface area (Å²) in [6, 6.07) is 6.22. The molecule has 0 spiro atoms. The van der Waals surface area contributed by atoms with E-state index in [0.717, 1.165) is 24.8 Å². The molecule has 2 rings (SSSR count). The monoisotopic (exact) mass is 278 g/mol. The largest absolute Gasteiger partial charge is 0.349 e. The topological polar surface area (TPSA) is 55.1 Å². The Balaban J connectivity index is 2.14. The first-order chi connectivity index (χ1) is 9.48. The summed E-state index contributed by atoms with van der Waals surface area (Å²) in [4.78, 5) is 12.5. The number of nitrogens with one attached hydrogen (secondary N) is 1. The summed E-state index contributed by atoms with van der Waals surface area (Å²) < 4.78 is 13.0. The van der Waals surface area contributed by atoms with Crippen LogP contribution in [0.4, 0.5) is 4.39 Å². The number of carbonyl (C=O) groups excluding carboxylic acids is 1. The van der Waals surface area contributed by atoms with E-state index in [4.69, 9.17) is 5.73 Å². The van der Waals surface area contributed by atoms with Crippen LogP contribution in [-0.2, 0) is 4.79 Å². The molecule has 3 nitrogen and oxygen atoms in total. The summed E-state index contributed by atoms with van der Waals surface area (Å²) >= 11 is 0. The molecule has 0 aromatic heterocycles. The van der Waals surface area contributed by atoms with Crippen molar-refractivity contribution in [3.63, 3.8) is 0 Å². The standard InChI is InChI=1S/C16H23FN2O/c1-11(2)14(12-4-6-13(17)7-5-12)19-15(20)16(10-18)8-3-9-16/h4-7,11,14H,3,8-10,18H2,1-2H3,(H,19,20). The van der Waals surface area contributed by atoms with Crippen molar-refractivity contribution in [1.82, 2.24) is 5.32 Å². The lowest BCUT2D eigenvalue weighted by molar-refractivity contribution is -0.136. The van der Waals surface area contributed by atoms with Crippen molar-refractivity contribution in [3.8, 4) is 0 Å². The molecule has 4 heteroatoms. The van der Waals surface area contributed by atoms with Gasteiger partial charge in [-0.05, 0) is 36.5 Å². The Morgan fingerprint density at radius 3 is 2.35 bits per heavy atom. The first-order valence-corrected chi connectivity index (χ1v) is 7.25. The van der Waals surface area contributed by atoms with Gasteiger partial charge in [0.1, 0.15) is 5.82 Å². The van der Waals surface area contributed by atoms with Gasteiger partial charge in [0.15, 0.2) is 0 Å². The Labute approximate surface area is 119 Å². The fraction of sp³-hybridized carbons (Fsp3) is 0.562. The number of rotatable bonds is 5. The molecule has 1 fully saturated rings. The van der Waals surface area contributed by atoms with Crippen LogP contribution in [0.25, 0.3) is 0 Å². The highest BCUT2D eigenvalue weighted by Crippen LogP contribution is 2.40. The summed E-state index contributed by atoms with van der Waals surface area (Å²) in [6.45, 7) is 4.49. The third-order valence-corrected chi connectivity index (χ3v) is 4.37. The summed E-state index contributed by atoms with van der Waals surface area (Å²) in [6.07, 6.45) is 2.79. The normalized spacial score (nSPS) is 18.4. The molecule has 0 bridgehead atoms. The van der Waals surface area contributed by atoms with Gasteiger partial charge in [-0.3, -0.25) is 4.79 Å². The second-order valence-electron chi connectivity index (χ2n) is 6.08. The van der Waals surface area contributed by atoms with Crippen LogP contribution in [0, 0.1) is 17.2 Å². The van der Waals surface area contributed by atoms with Crippen molar-refractivity contribution in [1.29, 1.82) is 0 Å². The van der Waals surface area contributed by atoms with Gasteiger partial charge in [0.25, 0.3) is 0 Å². The van der Waals surface area contributed by atoms with E-state index in [-0.39, 0.29) is 29.1 Å². The quantitative estimate of drug-likeness (QED) is 0.870. The van der Waals surface area contributed by atoms with E-state index in [0.29, 0.717) is 6.54 Å². The number of carbonyl (C=O) groups is 1. The molecule has 0 heterocycles. The van der Waals surface area contributed by atoms with Gasteiger partial charge in [-0.15, -0.1) is 0 Å². The molecule has 110 valence electrons. The maximum atomic E-state index is 13.0. The average Bonchev–Trinajstić information content (AvgIpc) is 2.36. The average molecular weight is 278 g/mol. The van der Waals surface area contributed by atoms with Crippen LogP contribution in [0.15, 0.2) is 24.3 Å². The van der Waals surface area contributed by atoms with Crippen molar-refractivity contribution in [2.75, 3.05) is 6.54 Å². The molecule has 1 aromatic rings. The van der Waals surface area contributed by atoms with E-state index in [9.17, 15) is 9.18 Å². The van der Waals surface area contributed by atoms with E-state index in [1.54, 1.807) is 12.1 Å². The number of nitrogens with two attached hydrogens (primary N) is 1. The van der Waals surface area contributed by atoms with Crippen LogP contribution in [0.5, 0.6) is 0 Å². The molecule has 1 unspecified atom stereocenters. The van der Waals surface area contributed by atoms with E-state index in [1.807, 2.05) is 13.8 Å². The minimum Gasteiger partial charge on any atom is -0.349 e. The number of benzene rings is 1. The van der Waals surface area contributed by atoms with Crippen LogP contribution in [0.1, 0.15) is 44.7 Å². The molecule has 0 radical (unpaired) electrons. The maximum Gasteiger partial charge on any atom is 0.227 e. The fourth-order valence-corrected chi connectivity index (χ4v) is 2.73. The lowest BCUT2D eigenvalue weighted by Gasteiger charge is -2.40. The lowest BCUT2D eigenvalue weighted by Crippen LogP contribution is -2.51. The lowest BCUT2D eigenvalue weighted by atomic mass is 9.68. The first kappa shape index (κ1) is 15.0. The molecule has 3 N–H and O–H groups in total. The van der Waals surface area contributed by atoms with Crippen molar-refractivity contribution in [3.05, 3.63) is 35.6 Å². The van der Waals surface area contributed by atoms with E-state index >= 15 is 0 Å². The smallest absolute Gasteiger partial charge is 0.227 e. The molecular weight excluding hydrogens is 255 g/mol. The van der Waals surface area contributed by atoms with Crippen LogP contribution in [0.3, 0.4) is 0 Å². The van der Waals surface area contributed by atoms with Gasteiger partial charge in [0.05, 0.1) is 11.5 Å². The van der Waals surface area contributed by atoms with E-state index in [2.05, 4.69) is 5.32 Å². The highest BCUT2D eigenvalue weighted by molar-refractivity contribution is 5.84. The van der Waals surface area contributed by atoms with Crippen LogP contribution in [0.2, 0.25) is 0 Å². The molecule has 20 heavy (non-hydrogen) atoms. The van der Waals surface area contributed by atoms with Gasteiger partial charge in [0, 0.05) is 6.54 Å². The second kappa shape index (κ2) is 5.92. The van der Waals surface area contributed by atoms with Crippen molar-refractivity contribution in [2.24, 2.45) is 17.1 Å². The van der Waals surface area contributed by atoms with Gasteiger partial charge in [0.2, 0.25) is 5.91 Å². The molecule has 0 saturated heterocycles. The predicted octanol–water partition coefficient (Wildman–Crippen LogP) is 2.77. The highest BCUT2D eigenvalue weighted by atomic mass is 19.1. The van der Waals surface area contributed by atoms with Crippen LogP contribution >= 0.6 is 0 Å². The summed E-state index contributed by atoms with van der Waals surface area (Å²) in [5.41, 5.74) is 6.32. The zero-order chi connectivity index (χ0) is 14.8.